The summed E-state index contributed by atoms with van der Waals surface area (Å²) in [7, 11) is 0. The smallest absolute Gasteiger partial charge is 0.0671 e. The molecular formula is C11H14N2. The molecule has 0 saturated heterocycles. The topological polar surface area (TPSA) is 17.8 Å². The van der Waals surface area contributed by atoms with Crippen molar-refractivity contribution in [3.05, 3.63) is 30.2 Å². The van der Waals surface area contributed by atoms with Crippen LogP contribution in [-0.2, 0) is 0 Å². The summed E-state index contributed by atoms with van der Waals surface area (Å²) in [4.78, 5) is 4.15. The van der Waals surface area contributed by atoms with Crippen LogP contribution in [0, 0.1) is 6.92 Å². The van der Waals surface area contributed by atoms with Crippen molar-refractivity contribution in [2.45, 2.75) is 26.8 Å². The summed E-state index contributed by atoms with van der Waals surface area (Å²) in [6.45, 7) is 6.53. The molecule has 0 spiro atoms. The first kappa shape index (κ1) is 8.30. The fourth-order valence-corrected chi connectivity index (χ4v) is 1.89. The molecule has 0 aliphatic carbocycles. The van der Waals surface area contributed by atoms with Crippen LogP contribution < -0.4 is 0 Å². The van der Waals surface area contributed by atoms with Crippen LogP contribution in [-0.4, -0.2) is 9.55 Å². The van der Waals surface area contributed by atoms with Gasteiger partial charge in [0.05, 0.1) is 11.7 Å². The van der Waals surface area contributed by atoms with Gasteiger partial charge >= 0.3 is 0 Å². The van der Waals surface area contributed by atoms with Gasteiger partial charge in [-0.05, 0) is 32.9 Å². The number of hydrogen-bond acceptors (Lipinski definition) is 1. The first-order valence-electron chi connectivity index (χ1n) is 4.61. The number of aryl methyl sites for hydroxylation is 1. The third kappa shape index (κ3) is 1.22. The van der Waals surface area contributed by atoms with Gasteiger partial charge in [-0.25, -0.2) is 0 Å². The van der Waals surface area contributed by atoms with Crippen molar-refractivity contribution in [1.82, 2.24) is 9.55 Å². The molecule has 0 radical (unpaired) electrons. The van der Waals surface area contributed by atoms with Crippen LogP contribution in [0.2, 0.25) is 0 Å². The second kappa shape index (κ2) is 2.87. The Morgan fingerprint density at radius 1 is 1.38 bits per heavy atom. The van der Waals surface area contributed by atoms with E-state index >= 15 is 0 Å². The summed E-state index contributed by atoms with van der Waals surface area (Å²) >= 11 is 0. The standard InChI is InChI=1S/C11H14N2/c1-8(2)13-9(3)6-10-4-5-12-7-11(10)13/h4-8H,1-3H3. The fraction of sp³-hybridized carbons (Fsp3) is 0.364. The molecule has 2 heterocycles. The number of nitrogens with zero attached hydrogens (tertiary/aromatic N) is 2. The molecule has 0 amide bonds. The summed E-state index contributed by atoms with van der Waals surface area (Å²) in [6, 6.07) is 4.76. The minimum absolute atomic E-state index is 0.502. The molecular weight excluding hydrogens is 160 g/mol. The van der Waals surface area contributed by atoms with E-state index in [0.29, 0.717) is 6.04 Å². The molecule has 0 bridgehead atoms. The van der Waals surface area contributed by atoms with E-state index < -0.39 is 0 Å². The summed E-state index contributed by atoms with van der Waals surface area (Å²) in [5, 5.41) is 1.28. The number of aromatic nitrogens is 2. The molecule has 0 atom stereocenters. The molecule has 68 valence electrons. The Hall–Kier alpha value is -1.31. The van der Waals surface area contributed by atoms with Crippen molar-refractivity contribution < 1.29 is 0 Å². The maximum Gasteiger partial charge on any atom is 0.0671 e. The minimum Gasteiger partial charge on any atom is -0.341 e. The lowest BCUT2D eigenvalue weighted by atomic mass is 10.3. The number of pyridine rings is 1. The molecule has 0 aliphatic rings. The largest absolute Gasteiger partial charge is 0.341 e. The molecule has 0 aliphatic heterocycles. The van der Waals surface area contributed by atoms with Crippen LogP contribution >= 0.6 is 0 Å². The predicted molar refractivity (Wildman–Crippen MR) is 54.9 cm³/mol. The zero-order chi connectivity index (χ0) is 9.42. The average molecular weight is 174 g/mol. The molecule has 0 aromatic carbocycles. The zero-order valence-corrected chi connectivity index (χ0v) is 8.28. The highest BCUT2D eigenvalue weighted by Gasteiger charge is 2.07. The molecule has 13 heavy (non-hydrogen) atoms. The SMILES string of the molecule is Cc1cc2ccncc2n1C(C)C. The maximum atomic E-state index is 4.15. The van der Waals surface area contributed by atoms with Crippen LogP contribution in [0.4, 0.5) is 0 Å². The van der Waals surface area contributed by atoms with Gasteiger partial charge in [-0.2, -0.15) is 0 Å². The van der Waals surface area contributed by atoms with E-state index in [4.69, 9.17) is 0 Å². The summed E-state index contributed by atoms with van der Waals surface area (Å²) in [5.41, 5.74) is 2.54. The van der Waals surface area contributed by atoms with E-state index in [2.05, 4.69) is 42.5 Å². The van der Waals surface area contributed by atoms with Gasteiger partial charge < -0.3 is 4.57 Å². The molecule has 2 aromatic rings. The Labute approximate surface area is 78.2 Å². The van der Waals surface area contributed by atoms with Gasteiger partial charge in [0, 0.05) is 23.3 Å². The Morgan fingerprint density at radius 2 is 2.15 bits per heavy atom. The molecule has 2 aromatic heterocycles. The summed E-state index contributed by atoms with van der Waals surface area (Å²) in [6.07, 6.45) is 3.77. The second-order valence-electron chi connectivity index (χ2n) is 3.68. The van der Waals surface area contributed by atoms with E-state index in [9.17, 15) is 0 Å². The van der Waals surface area contributed by atoms with E-state index in [-0.39, 0.29) is 0 Å². The van der Waals surface area contributed by atoms with E-state index in [1.807, 2.05) is 12.4 Å². The van der Waals surface area contributed by atoms with Crippen molar-refractivity contribution in [2.24, 2.45) is 0 Å². The normalized spacial score (nSPS) is 11.4. The van der Waals surface area contributed by atoms with Crippen molar-refractivity contribution in [3.8, 4) is 0 Å². The van der Waals surface area contributed by atoms with Crippen LogP contribution in [0.5, 0.6) is 0 Å². The summed E-state index contributed by atoms with van der Waals surface area (Å²) < 4.78 is 2.31. The highest BCUT2D eigenvalue weighted by atomic mass is 15.0. The van der Waals surface area contributed by atoms with Gasteiger partial charge in [0.15, 0.2) is 0 Å². The van der Waals surface area contributed by atoms with Gasteiger partial charge in [0.2, 0.25) is 0 Å². The molecule has 0 unspecified atom stereocenters. The molecule has 0 N–H and O–H groups in total. The number of hydrogen-bond donors (Lipinski definition) is 0. The van der Waals surface area contributed by atoms with Crippen LogP contribution in [0.1, 0.15) is 25.6 Å². The van der Waals surface area contributed by atoms with Crippen LogP contribution in [0.15, 0.2) is 24.5 Å². The third-order valence-corrected chi connectivity index (χ3v) is 2.35. The Balaban J connectivity index is 2.78. The maximum absolute atomic E-state index is 4.15. The molecule has 2 rings (SSSR count). The number of fused-ring (bicyclic) bond motifs is 1. The predicted octanol–water partition coefficient (Wildman–Crippen LogP) is 2.93. The Morgan fingerprint density at radius 3 is 2.85 bits per heavy atom. The van der Waals surface area contributed by atoms with Gasteiger partial charge in [-0.15, -0.1) is 0 Å². The Kier molecular flexibility index (Phi) is 1.83. The number of rotatable bonds is 1. The lowest BCUT2D eigenvalue weighted by molar-refractivity contribution is 0.607. The highest BCUT2D eigenvalue weighted by Crippen LogP contribution is 2.22. The second-order valence-corrected chi connectivity index (χ2v) is 3.68. The van der Waals surface area contributed by atoms with Crippen molar-refractivity contribution >= 4 is 10.9 Å². The van der Waals surface area contributed by atoms with Gasteiger partial charge in [0.1, 0.15) is 0 Å². The monoisotopic (exact) mass is 174 g/mol. The lowest BCUT2D eigenvalue weighted by Crippen LogP contribution is -2.01. The van der Waals surface area contributed by atoms with Gasteiger partial charge in [0.25, 0.3) is 0 Å². The first-order chi connectivity index (χ1) is 6.20. The molecule has 2 nitrogen and oxygen atoms in total. The van der Waals surface area contributed by atoms with Crippen molar-refractivity contribution in [3.63, 3.8) is 0 Å². The third-order valence-electron chi connectivity index (χ3n) is 2.35. The quantitative estimate of drug-likeness (QED) is 0.650. The van der Waals surface area contributed by atoms with E-state index in [1.54, 1.807) is 0 Å². The Bertz CT molecular complexity index is 427. The minimum atomic E-state index is 0.502. The van der Waals surface area contributed by atoms with Gasteiger partial charge in [-0.1, -0.05) is 0 Å². The molecule has 2 heteroatoms. The lowest BCUT2D eigenvalue weighted by Gasteiger charge is -2.11. The zero-order valence-electron chi connectivity index (χ0n) is 8.28. The fourth-order valence-electron chi connectivity index (χ4n) is 1.89. The molecule has 0 saturated carbocycles. The highest BCUT2D eigenvalue weighted by molar-refractivity contribution is 5.80. The van der Waals surface area contributed by atoms with E-state index in [1.165, 1.54) is 16.6 Å². The molecule has 0 fully saturated rings. The first-order valence-corrected chi connectivity index (χ1v) is 4.61. The average Bonchev–Trinajstić information content (AvgIpc) is 2.39. The van der Waals surface area contributed by atoms with E-state index in [0.717, 1.165) is 0 Å². The van der Waals surface area contributed by atoms with Crippen molar-refractivity contribution in [2.75, 3.05) is 0 Å². The van der Waals surface area contributed by atoms with Crippen LogP contribution in [0.3, 0.4) is 0 Å². The van der Waals surface area contributed by atoms with Crippen LogP contribution in [0.25, 0.3) is 10.9 Å². The van der Waals surface area contributed by atoms with Crippen molar-refractivity contribution in [1.29, 1.82) is 0 Å². The van der Waals surface area contributed by atoms with Gasteiger partial charge in [-0.3, -0.25) is 4.98 Å². The summed E-state index contributed by atoms with van der Waals surface area (Å²) in [5.74, 6) is 0.